The third-order valence-corrected chi connectivity index (χ3v) is 4.11. The van der Waals surface area contributed by atoms with Crippen LogP contribution < -0.4 is 10.6 Å². The van der Waals surface area contributed by atoms with Gasteiger partial charge in [-0.15, -0.1) is 24.0 Å². The van der Waals surface area contributed by atoms with E-state index in [2.05, 4.69) is 15.6 Å². The van der Waals surface area contributed by atoms with Crippen molar-refractivity contribution in [3.63, 3.8) is 0 Å². The van der Waals surface area contributed by atoms with E-state index in [4.69, 9.17) is 11.6 Å². The van der Waals surface area contributed by atoms with Crippen LogP contribution in [0.15, 0.2) is 29.3 Å². The number of carbonyl (C=O) groups excluding carboxylic acids is 1. The number of nitrogens with zero attached hydrogens (tertiary/aromatic N) is 2. The van der Waals surface area contributed by atoms with E-state index in [1.807, 2.05) is 29.2 Å². The van der Waals surface area contributed by atoms with Crippen molar-refractivity contribution in [2.24, 2.45) is 4.99 Å². The van der Waals surface area contributed by atoms with E-state index in [9.17, 15) is 4.79 Å². The molecule has 0 aromatic heterocycles. The standard InChI is InChI=1S/C16H23ClN4O.HI/c1-18-16(19-11-13-7-3-4-8-14(13)17)20-12-15(22)21-9-5-2-6-10-21;/h3-4,7-8H,2,5-6,9-12H2,1H3,(H2,18,19,20);1H. The molecule has 1 aromatic rings. The third-order valence-electron chi connectivity index (χ3n) is 3.74. The Morgan fingerprint density at radius 1 is 1.22 bits per heavy atom. The molecule has 0 atom stereocenters. The largest absolute Gasteiger partial charge is 0.352 e. The Morgan fingerprint density at radius 3 is 2.57 bits per heavy atom. The Morgan fingerprint density at radius 2 is 1.91 bits per heavy atom. The average Bonchev–Trinajstić information content (AvgIpc) is 2.57. The SMILES string of the molecule is CN=C(NCC(=O)N1CCCCC1)NCc1ccccc1Cl.I. The number of hydrogen-bond donors (Lipinski definition) is 2. The number of amides is 1. The topological polar surface area (TPSA) is 56.7 Å². The highest BCUT2D eigenvalue weighted by Gasteiger charge is 2.16. The Bertz CT molecular complexity index is 533. The molecule has 0 bridgehead atoms. The van der Waals surface area contributed by atoms with Crippen molar-refractivity contribution in [2.75, 3.05) is 26.7 Å². The van der Waals surface area contributed by atoms with E-state index in [0.29, 0.717) is 12.5 Å². The van der Waals surface area contributed by atoms with Crippen molar-refractivity contribution in [3.8, 4) is 0 Å². The summed E-state index contributed by atoms with van der Waals surface area (Å²) in [5, 5.41) is 6.95. The maximum Gasteiger partial charge on any atom is 0.241 e. The molecule has 1 aliphatic rings. The molecule has 5 nitrogen and oxygen atoms in total. The number of aliphatic imine (C=N–C) groups is 1. The van der Waals surface area contributed by atoms with Gasteiger partial charge >= 0.3 is 0 Å². The summed E-state index contributed by atoms with van der Waals surface area (Å²) in [6, 6.07) is 7.66. The van der Waals surface area contributed by atoms with Gasteiger partial charge in [-0.05, 0) is 30.9 Å². The Labute approximate surface area is 159 Å². The molecule has 2 rings (SSSR count). The fraction of sp³-hybridized carbons (Fsp3) is 0.500. The van der Waals surface area contributed by atoms with Gasteiger partial charge in [0.15, 0.2) is 5.96 Å². The molecule has 0 saturated carbocycles. The summed E-state index contributed by atoms with van der Waals surface area (Å²) in [5.41, 5.74) is 0.995. The summed E-state index contributed by atoms with van der Waals surface area (Å²) < 4.78 is 0. The minimum absolute atomic E-state index is 0. The van der Waals surface area contributed by atoms with Gasteiger partial charge in [0.2, 0.25) is 5.91 Å². The predicted octanol–water partition coefficient (Wildman–Crippen LogP) is 2.64. The number of benzene rings is 1. The van der Waals surface area contributed by atoms with Gasteiger partial charge in [0.1, 0.15) is 0 Å². The summed E-state index contributed by atoms with van der Waals surface area (Å²) >= 11 is 6.12. The van der Waals surface area contributed by atoms with Crippen molar-refractivity contribution in [1.82, 2.24) is 15.5 Å². The fourth-order valence-electron chi connectivity index (χ4n) is 2.46. The van der Waals surface area contributed by atoms with Crippen LogP contribution in [0.25, 0.3) is 0 Å². The molecule has 1 aliphatic heterocycles. The highest BCUT2D eigenvalue weighted by Crippen LogP contribution is 2.14. The second-order valence-electron chi connectivity index (χ2n) is 5.31. The number of rotatable bonds is 4. The maximum atomic E-state index is 12.1. The molecule has 0 aliphatic carbocycles. The second kappa shape index (κ2) is 10.7. The number of hydrogen-bond acceptors (Lipinski definition) is 2. The predicted molar refractivity (Wildman–Crippen MR) is 105 cm³/mol. The summed E-state index contributed by atoms with van der Waals surface area (Å²) in [5.74, 6) is 0.727. The van der Waals surface area contributed by atoms with Crippen molar-refractivity contribution in [2.45, 2.75) is 25.8 Å². The number of halogens is 2. The van der Waals surface area contributed by atoms with Gasteiger partial charge in [-0.3, -0.25) is 9.79 Å². The molecule has 1 fully saturated rings. The molecular formula is C16H24ClIN4O. The van der Waals surface area contributed by atoms with E-state index in [1.54, 1.807) is 7.05 Å². The second-order valence-corrected chi connectivity index (χ2v) is 5.72. The van der Waals surface area contributed by atoms with Gasteiger partial charge in [0.05, 0.1) is 6.54 Å². The lowest BCUT2D eigenvalue weighted by molar-refractivity contribution is -0.130. The lowest BCUT2D eigenvalue weighted by atomic mass is 10.1. The van der Waals surface area contributed by atoms with Gasteiger partial charge < -0.3 is 15.5 Å². The first kappa shape index (κ1) is 20.0. The molecule has 0 spiro atoms. The van der Waals surface area contributed by atoms with Crippen LogP contribution in [0, 0.1) is 0 Å². The summed E-state index contributed by atoms with van der Waals surface area (Å²) in [4.78, 5) is 18.2. The van der Waals surface area contributed by atoms with Crippen molar-refractivity contribution >= 4 is 47.4 Å². The summed E-state index contributed by atoms with van der Waals surface area (Å²) in [6.07, 6.45) is 3.43. The number of nitrogens with one attached hydrogen (secondary N) is 2. The van der Waals surface area contributed by atoms with Crippen LogP contribution in [-0.2, 0) is 11.3 Å². The number of carbonyl (C=O) groups is 1. The maximum absolute atomic E-state index is 12.1. The van der Waals surface area contributed by atoms with Crippen LogP contribution in [-0.4, -0.2) is 43.4 Å². The normalized spacial score (nSPS) is 14.9. The van der Waals surface area contributed by atoms with E-state index in [-0.39, 0.29) is 36.4 Å². The van der Waals surface area contributed by atoms with Crippen molar-refractivity contribution in [1.29, 1.82) is 0 Å². The van der Waals surface area contributed by atoms with Crippen LogP contribution in [0.4, 0.5) is 0 Å². The van der Waals surface area contributed by atoms with Gasteiger partial charge in [0, 0.05) is 31.7 Å². The molecular weight excluding hydrogens is 427 g/mol. The molecule has 1 amide bonds. The van der Waals surface area contributed by atoms with Gasteiger partial charge in [-0.1, -0.05) is 29.8 Å². The lowest BCUT2D eigenvalue weighted by Gasteiger charge is -2.27. The van der Waals surface area contributed by atoms with E-state index in [1.165, 1.54) is 6.42 Å². The molecule has 23 heavy (non-hydrogen) atoms. The lowest BCUT2D eigenvalue weighted by Crippen LogP contribution is -2.45. The Hall–Kier alpha value is -1.02. The average molecular weight is 451 g/mol. The molecule has 2 N–H and O–H groups in total. The van der Waals surface area contributed by atoms with E-state index in [0.717, 1.165) is 36.5 Å². The van der Waals surface area contributed by atoms with Crippen LogP contribution in [0.2, 0.25) is 5.02 Å². The van der Waals surface area contributed by atoms with Crippen molar-refractivity contribution in [3.05, 3.63) is 34.9 Å². The fourth-order valence-corrected chi connectivity index (χ4v) is 2.66. The molecule has 128 valence electrons. The van der Waals surface area contributed by atoms with Gasteiger partial charge in [-0.25, -0.2) is 0 Å². The molecule has 1 heterocycles. The molecule has 1 aromatic carbocycles. The smallest absolute Gasteiger partial charge is 0.241 e. The number of piperidine rings is 1. The first-order chi connectivity index (χ1) is 10.7. The molecule has 7 heteroatoms. The number of guanidine groups is 1. The minimum atomic E-state index is 0. The Balaban J connectivity index is 0.00000264. The monoisotopic (exact) mass is 450 g/mol. The quantitative estimate of drug-likeness (QED) is 0.421. The van der Waals surface area contributed by atoms with Crippen LogP contribution in [0.1, 0.15) is 24.8 Å². The first-order valence-corrected chi connectivity index (χ1v) is 8.04. The Kier molecular flexibility index (Phi) is 9.31. The summed E-state index contributed by atoms with van der Waals surface area (Å²) in [6.45, 7) is 2.57. The molecule has 0 unspecified atom stereocenters. The zero-order valence-corrected chi connectivity index (χ0v) is 16.4. The van der Waals surface area contributed by atoms with E-state index < -0.39 is 0 Å². The van der Waals surface area contributed by atoms with Gasteiger partial charge in [-0.2, -0.15) is 0 Å². The molecule has 0 radical (unpaired) electrons. The molecule has 1 saturated heterocycles. The first-order valence-electron chi connectivity index (χ1n) is 7.66. The summed E-state index contributed by atoms with van der Waals surface area (Å²) in [7, 11) is 1.69. The van der Waals surface area contributed by atoms with E-state index >= 15 is 0 Å². The van der Waals surface area contributed by atoms with Crippen molar-refractivity contribution < 1.29 is 4.79 Å². The highest BCUT2D eigenvalue weighted by molar-refractivity contribution is 14.0. The third kappa shape index (κ3) is 6.55. The van der Waals surface area contributed by atoms with Gasteiger partial charge in [0.25, 0.3) is 0 Å². The minimum Gasteiger partial charge on any atom is -0.352 e. The zero-order chi connectivity index (χ0) is 15.8. The van der Waals surface area contributed by atoms with Crippen LogP contribution in [0.5, 0.6) is 0 Å². The van der Waals surface area contributed by atoms with Crippen LogP contribution in [0.3, 0.4) is 0 Å². The zero-order valence-electron chi connectivity index (χ0n) is 13.3. The van der Waals surface area contributed by atoms with Crippen LogP contribution >= 0.6 is 35.6 Å². The highest BCUT2D eigenvalue weighted by atomic mass is 127. The number of likely N-dealkylation sites (tertiary alicyclic amines) is 1.